The molecule has 8 nitrogen and oxygen atoms in total. The zero-order valence-electron chi connectivity index (χ0n) is 30.8. The first-order valence-corrected chi connectivity index (χ1v) is 19.1. The first-order valence-electron chi connectivity index (χ1n) is 19.1. The predicted molar refractivity (Wildman–Crippen MR) is 208 cm³/mol. The maximum atomic E-state index is 11.9. The SMILES string of the molecule is CCOc1ccc(CN2CCN(C3CC4(CCN(c5ccc(C=O)c(Oc6cnc7[nH]ccc7c6)c5)CC4)C3)C(c3ccccc3C(C)C)C2)cc1. The fraction of sp³-hybridized carbons (Fsp3) is 0.409. The number of nitrogens with zero attached hydrogens (tertiary/aromatic N) is 4. The van der Waals surface area contributed by atoms with Crippen LogP contribution in [0.25, 0.3) is 11.0 Å². The van der Waals surface area contributed by atoms with Gasteiger partial charge in [-0.15, -0.1) is 0 Å². The van der Waals surface area contributed by atoms with Gasteiger partial charge in [0, 0.05) is 74.7 Å². The second-order valence-corrected chi connectivity index (χ2v) is 15.4. The molecule has 1 aliphatic carbocycles. The molecule has 1 atom stereocenters. The predicted octanol–water partition coefficient (Wildman–Crippen LogP) is 9.00. The second kappa shape index (κ2) is 14.8. The monoisotopic (exact) mass is 697 g/mol. The zero-order chi connectivity index (χ0) is 35.7. The number of rotatable bonds is 11. The lowest BCUT2D eigenvalue weighted by Gasteiger charge is -2.58. The summed E-state index contributed by atoms with van der Waals surface area (Å²) in [5, 5.41) is 0.975. The summed E-state index contributed by atoms with van der Waals surface area (Å²) in [5.41, 5.74) is 7.20. The van der Waals surface area contributed by atoms with E-state index in [2.05, 4.69) is 93.1 Å². The third-order valence-corrected chi connectivity index (χ3v) is 11.8. The van der Waals surface area contributed by atoms with Crippen LogP contribution in [0.1, 0.15) is 85.5 Å². The van der Waals surface area contributed by atoms with Gasteiger partial charge in [-0.3, -0.25) is 14.6 Å². The molecule has 3 aliphatic rings. The number of piperidine rings is 1. The minimum atomic E-state index is 0.389. The molecule has 0 bridgehead atoms. The highest BCUT2D eigenvalue weighted by molar-refractivity contribution is 5.81. The Balaban J connectivity index is 0.933. The first kappa shape index (κ1) is 34.4. The number of fused-ring (bicyclic) bond motifs is 1. The molecule has 270 valence electrons. The van der Waals surface area contributed by atoms with Gasteiger partial charge in [0.25, 0.3) is 0 Å². The normalized spacial score (nSPS) is 19.6. The number of piperazine rings is 1. The van der Waals surface area contributed by atoms with Gasteiger partial charge in [-0.2, -0.15) is 0 Å². The van der Waals surface area contributed by atoms with Crippen LogP contribution in [0.5, 0.6) is 17.2 Å². The van der Waals surface area contributed by atoms with Crippen LogP contribution >= 0.6 is 0 Å². The number of aromatic amines is 1. The molecule has 1 unspecified atom stereocenters. The largest absolute Gasteiger partial charge is 0.494 e. The van der Waals surface area contributed by atoms with Gasteiger partial charge in [0.05, 0.1) is 18.4 Å². The van der Waals surface area contributed by atoms with E-state index >= 15 is 0 Å². The third-order valence-electron chi connectivity index (χ3n) is 11.8. The second-order valence-electron chi connectivity index (χ2n) is 15.4. The Hall–Kier alpha value is -4.66. The topological polar surface area (TPSA) is 73.9 Å². The van der Waals surface area contributed by atoms with Gasteiger partial charge in [-0.05, 0) is 97.0 Å². The molecule has 8 heteroatoms. The molecule has 8 rings (SSSR count). The number of anilines is 1. The summed E-state index contributed by atoms with van der Waals surface area (Å²) in [6.45, 7) is 13.6. The maximum absolute atomic E-state index is 11.9. The number of nitrogens with one attached hydrogen (secondary N) is 1. The van der Waals surface area contributed by atoms with Gasteiger partial charge in [-0.25, -0.2) is 4.98 Å². The van der Waals surface area contributed by atoms with Crippen molar-refractivity contribution in [3.05, 3.63) is 114 Å². The summed E-state index contributed by atoms with van der Waals surface area (Å²) in [7, 11) is 0. The van der Waals surface area contributed by atoms with E-state index in [0.29, 0.717) is 47.1 Å². The molecule has 2 saturated heterocycles. The molecule has 1 spiro atoms. The minimum Gasteiger partial charge on any atom is -0.494 e. The molecule has 0 radical (unpaired) electrons. The van der Waals surface area contributed by atoms with E-state index < -0.39 is 0 Å². The van der Waals surface area contributed by atoms with Crippen molar-refractivity contribution in [2.75, 3.05) is 44.2 Å². The molecule has 5 aromatic rings. The van der Waals surface area contributed by atoms with Crippen molar-refractivity contribution in [2.24, 2.45) is 5.41 Å². The van der Waals surface area contributed by atoms with Crippen molar-refractivity contribution in [2.45, 2.75) is 71.0 Å². The molecule has 2 aliphatic heterocycles. The zero-order valence-corrected chi connectivity index (χ0v) is 30.8. The molecular weight excluding hydrogens is 647 g/mol. The average molecular weight is 698 g/mol. The number of carbonyl (C=O) groups is 1. The molecule has 3 aromatic carbocycles. The minimum absolute atomic E-state index is 0.389. The van der Waals surface area contributed by atoms with Gasteiger partial charge >= 0.3 is 0 Å². The van der Waals surface area contributed by atoms with Crippen molar-refractivity contribution in [3.8, 4) is 17.2 Å². The number of ether oxygens (including phenoxy) is 2. The van der Waals surface area contributed by atoms with E-state index in [0.717, 1.165) is 68.0 Å². The number of pyridine rings is 1. The number of aromatic nitrogens is 2. The van der Waals surface area contributed by atoms with Crippen LogP contribution in [0.2, 0.25) is 0 Å². The number of H-pyrrole nitrogens is 1. The third kappa shape index (κ3) is 7.06. The van der Waals surface area contributed by atoms with Crippen LogP contribution < -0.4 is 14.4 Å². The summed E-state index contributed by atoms with van der Waals surface area (Å²) >= 11 is 0. The number of benzene rings is 3. The standard InChI is InChI=1S/C44H51N5O3/c1-4-51-37-13-9-32(10-14-37)28-47-21-22-49(41(29-47)40-8-6-5-7-39(40)31(2)3)36-25-44(26-36)16-19-48(20-17-44)35-12-11-34(30-50)42(24-35)52-38-23-33-15-18-45-43(33)46-27-38/h5-15,18,23-24,27,30-31,36,41H,4,16-17,19-22,25-26,28-29H2,1-3H3,(H,45,46). The summed E-state index contributed by atoms with van der Waals surface area (Å²) in [5.74, 6) is 2.63. The van der Waals surface area contributed by atoms with Crippen LogP contribution in [0.15, 0.2) is 91.3 Å². The van der Waals surface area contributed by atoms with Crippen LogP contribution in [-0.2, 0) is 6.54 Å². The van der Waals surface area contributed by atoms with E-state index in [-0.39, 0.29) is 0 Å². The number of aldehydes is 1. The van der Waals surface area contributed by atoms with Gasteiger partial charge in [-0.1, -0.05) is 50.2 Å². The molecule has 52 heavy (non-hydrogen) atoms. The summed E-state index contributed by atoms with van der Waals surface area (Å²) in [6.07, 6.45) is 9.35. The van der Waals surface area contributed by atoms with Crippen molar-refractivity contribution in [1.82, 2.24) is 19.8 Å². The van der Waals surface area contributed by atoms with E-state index in [9.17, 15) is 4.79 Å². The van der Waals surface area contributed by atoms with Crippen LogP contribution in [0.4, 0.5) is 5.69 Å². The number of hydrogen-bond donors (Lipinski definition) is 1. The Morgan fingerprint density at radius 1 is 0.942 bits per heavy atom. The van der Waals surface area contributed by atoms with Gasteiger partial charge in [0.1, 0.15) is 22.9 Å². The molecular formula is C44H51N5O3. The van der Waals surface area contributed by atoms with Crippen molar-refractivity contribution in [1.29, 1.82) is 0 Å². The molecule has 3 fully saturated rings. The van der Waals surface area contributed by atoms with Crippen LogP contribution in [0.3, 0.4) is 0 Å². The summed E-state index contributed by atoms with van der Waals surface area (Å²) in [4.78, 5) is 27.5. The molecule has 2 aromatic heterocycles. The fourth-order valence-electron chi connectivity index (χ4n) is 9.00. The van der Waals surface area contributed by atoms with Gasteiger partial charge in [0.2, 0.25) is 0 Å². The Labute approximate surface area is 307 Å². The highest BCUT2D eigenvalue weighted by atomic mass is 16.5. The molecule has 1 saturated carbocycles. The maximum Gasteiger partial charge on any atom is 0.153 e. The van der Waals surface area contributed by atoms with E-state index in [1.165, 1.54) is 42.4 Å². The lowest BCUT2D eigenvalue weighted by molar-refractivity contribution is -0.0628. The Morgan fingerprint density at radius 3 is 2.52 bits per heavy atom. The van der Waals surface area contributed by atoms with E-state index in [4.69, 9.17) is 9.47 Å². The van der Waals surface area contributed by atoms with E-state index in [1.54, 1.807) is 6.20 Å². The average Bonchev–Trinajstić information content (AvgIpc) is 3.63. The summed E-state index contributed by atoms with van der Waals surface area (Å²) in [6, 6.07) is 28.7. The number of hydrogen-bond acceptors (Lipinski definition) is 7. The van der Waals surface area contributed by atoms with E-state index in [1.807, 2.05) is 37.4 Å². The lowest BCUT2D eigenvalue weighted by atomic mass is 9.59. The smallest absolute Gasteiger partial charge is 0.153 e. The Kier molecular flexibility index (Phi) is 9.77. The van der Waals surface area contributed by atoms with Crippen molar-refractivity contribution in [3.63, 3.8) is 0 Å². The van der Waals surface area contributed by atoms with Crippen LogP contribution in [-0.4, -0.2) is 71.4 Å². The lowest BCUT2D eigenvalue weighted by Crippen LogP contribution is -2.60. The van der Waals surface area contributed by atoms with Crippen molar-refractivity contribution >= 4 is 23.0 Å². The Bertz CT molecular complexity index is 1990. The Morgan fingerprint density at radius 2 is 1.75 bits per heavy atom. The quantitative estimate of drug-likeness (QED) is 0.138. The highest BCUT2D eigenvalue weighted by Gasteiger charge is 2.50. The number of carbonyl (C=O) groups excluding carboxylic acids is 1. The molecule has 1 N–H and O–H groups in total. The van der Waals surface area contributed by atoms with Crippen molar-refractivity contribution < 1.29 is 14.3 Å². The molecule has 4 heterocycles. The van der Waals surface area contributed by atoms with Gasteiger partial charge < -0.3 is 19.4 Å². The molecule has 0 amide bonds. The van der Waals surface area contributed by atoms with Gasteiger partial charge in [0.15, 0.2) is 6.29 Å². The summed E-state index contributed by atoms with van der Waals surface area (Å²) < 4.78 is 11.9. The van der Waals surface area contributed by atoms with Crippen LogP contribution in [0, 0.1) is 5.41 Å². The fourth-order valence-corrected chi connectivity index (χ4v) is 9.00. The first-order chi connectivity index (χ1) is 25.4. The highest BCUT2D eigenvalue weighted by Crippen LogP contribution is 2.53.